The highest BCUT2D eigenvalue weighted by atomic mass is 19.4. The SMILES string of the molecule is O=C(Nc1cccc(CNC(=O)C2(c3cccc(C(F)(F)F)c3)CCOCC2)c1)C1CCCC1. The Bertz CT molecular complexity index is 1030. The van der Waals surface area contributed by atoms with Crippen molar-refractivity contribution in [3.05, 3.63) is 65.2 Å². The molecule has 2 fully saturated rings. The number of ether oxygens (including phenoxy) is 1. The summed E-state index contributed by atoms with van der Waals surface area (Å²) in [6, 6.07) is 12.3. The number of rotatable bonds is 6. The van der Waals surface area contributed by atoms with Crippen LogP contribution in [0, 0.1) is 5.92 Å². The first-order valence-electron chi connectivity index (χ1n) is 11.7. The van der Waals surface area contributed by atoms with E-state index < -0.39 is 17.2 Å². The van der Waals surface area contributed by atoms with Gasteiger partial charge in [-0.1, -0.05) is 43.2 Å². The monoisotopic (exact) mass is 474 g/mol. The molecule has 5 nitrogen and oxygen atoms in total. The molecule has 34 heavy (non-hydrogen) atoms. The lowest BCUT2D eigenvalue weighted by Gasteiger charge is -2.36. The molecule has 0 aromatic heterocycles. The lowest BCUT2D eigenvalue weighted by Crippen LogP contribution is -2.48. The first kappa shape index (κ1) is 24.3. The van der Waals surface area contributed by atoms with E-state index in [1.807, 2.05) is 18.2 Å². The maximum absolute atomic E-state index is 13.4. The van der Waals surface area contributed by atoms with Crippen LogP contribution < -0.4 is 10.6 Å². The van der Waals surface area contributed by atoms with Crippen molar-refractivity contribution in [3.8, 4) is 0 Å². The molecule has 0 bridgehead atoms. The average Bonchev–Trinajstić information content (AvgIpc) is 3.38. The normalized spacial score (nSPS) is 18.4. The number of carbonyl (C=O) groups is 2. The summed E-state index contributed by atoms with van der Waals surface area (Å²) < 4.78 is 45.3. The number of halogens is 3. The van der Waals surface area contributed by atoms with Crippen LogP contribution in [0.3, 0.4) is 0 Å². The van der Waals surface area contributed by atoms with Crippen LogP contribution in [0.15, 0.2) is 48.5 Å². The fourth-order valence-corrected chi connectivity index (χ4v) is 4.90. The highest BCUT2D eigenvalue weighted by molar-refractivity contribution is 5.92. The van der Waals surface area contributed by atoms with E-state index in [0.29, 0.717) is 37.3 Å². The second kappa shape index (κ2) is 10.2. The molecule has 1 saturated carbocycles. The van der Waals surface area contributed by atoms with Gasteiger partial charge in [-0.05, 0) is 55.0 Å². The van der Waals surface area contributed by atoms with Gasteiger partial charge < -0.3 is 15.4 Å². The van der Waals surface area contributed by atoms with Gasteiger partial charge >= 0.3 is 6.18 Å². The minimum Gasteiger partial charge on any atom is -0.381 e. The summed E-state index contributed by atoms with van der Waals surface area (Å²) in [7, 11) is 0. The number of alkyl halides is 3. The van der Waals surface area contributed by atoms with Crippen LogP contribution >= 0.6 is 0 Å². The van der Waals surface area contributed by atoms with Crippen LogP contribution in [0.2, 0.25) is 0 Å². The van der Waals surface area contributed by atoms with Crippen molar-refractivity contribution in [1.82, 2.24) is 5.32 Å². The summed E-state index contributed by atoms with van der Waals surface area (Å²) in [6.07, 6.45) is 0.0783. The Labute approximate surface area is 197 Å². The number of benzene rings is 2. The van der Waals surface area contributed by atoms with Gasteiger partial charge in [0.25, 0.3) is 0 Å². The maximum Gasteiger partial charge on any atom is 0.416 e. The summed E-state index contributed by atoms with van der Waals surface area (Å²) in [5, 5.41) is 5.87. The number of nitrogens with one attached hydrogen (secondary N) is 2. The third-order valence-electron chi connectivity index (χ3n) is 6.90. The smallest absolute Gasteiger partial charge is 0.381 e. The zero-order valence-electron chi connectivity index (χ0n) is 18.9. The zero-order chi connectivity index (χ0) is 24.2. The minimum atomic E-state index is -4.48. The van der Waals surface area contributed by atoms with Gasteiger partial charge in [0.1, 0.15) is 0 Å². The Morgan fingerprint density at radius 3 is 2.41 bits per heavy atom. The summed E-state index contributed by atoms with van der Waals surface area (Å²) >= 11 is 0. The van der Waals surface area contributed by atoms with Crippen LogP contribution in [0.25, 0.3) is 0 Å². The number of anilines is 1. The molecule has 2 aromatic carbocycles. The van der Waals surface area contributed by atoms with E-state index in [4.69, 9.17) is 4.74 Å². The first-order chi connectivity index (χ1) is 16.3. The molecule has 2 aliphatic rings. The molecule has 2 N–H and O–H groups in total. The highest BCUT2D eigenvalue weighted by Gasteiger charge is 2.43. The van der Waals surface area contributed by atoms with Gasteiger partial charge in [-0.2, -0.15) is 13.2 Å². The molecule has 0 unspecified atom stereocenters. The van der Waals surface area contributed by atoms with E-state index in [9.17, 15) is 22.8 Å². The minimum absolute atomic E-state index is 0.0180. The Morgan fingerprint density at radius 2 is 1.71 bits per heavy atom. The lowest BCUT2D eigenvalue weighted by atomic mass is 9.73. The van der Waals surface area contributed by atoms with E-state index in [1.165, 1.54) is 6.07 Å². The van der Waals surface area contributed by atoms with Gasteiger partial charge in [0.05, 0.1) is 11.0 Å². The van der Waals surface area contributed by atoms with Crippen molar-refractivity contribution in [2.45, 2.75) is 56.7 Å². The Hall–Kier alpha value is -2.87. The highest BCUT2D eigenvalue weighted by Crippen LogP contribution is 2.38. The molecule has 4 rings (SSSR count). The molecule has 1 aliphatic heterocycles. The van der Waals surface area contributed by atoms with Gasteiger partial charge in [0.15, 0.2) is 0 Å². The molecule has 2 amide bonds. The molecule has 182 valence electrons. The maximum atomic E-state index is 13.4. The van der Waals surface area contributed by atoms with Crippen LogP contribution in [0.4, 0.5) is 18.9 Å². The van der Waals surface area contributed by atoms with Crippen LogP contribution in [0.1, 0.15) is 55.2 Å². The summed E-state index contributed by atoms with van der Waals surface area (Å²) in [5.41, 5.74) is -0.0467. The third-order valence-corrected chi connectivity index (χ3v) is 6.90. The van der Waals surface area contributed by atoms with E-state index >= 15 is 0 Å². The molecule has 1 heterocycles. The first-order valence-corrected chi connectivity index (χ1v) is 11.7. The molecule has 8 heteroatoms. The largest absolute Gasteiger partial charge is 0.416 e. The van der Waals surface area contributed by atoms with Gasteiger partial charge in [-0.25, -0.2) is 0 Å². The molecular formula is C26H29F3N2O3. The van der Waals surface area contributed by atoms with Crippen LogP contribution in [-0.4, -0.2) is 25.0 Å². The molecule has 0 spiro atoms. The summed E-state index contributed by atoms with van der Waals surface area (Å²) in [6.45, 7) is 0.798. The molecule has 2 aromatic rings. The van der Waals surface area contributed by atoms with Crippen molar-refractivity contribution < 1.29 is 27.5 Å². The number of amides is 2. The number of hydrogen-bond acceptors (Lipinski definition) is 3. The van der Waals surface area contributed by atoms with E-state index in [2.05, 4.69) is 10.6 Å². The molecular weight excluding hydrogens is 445 g/mol. The number of hydrogen-bond donors (Lipinski definition) is 2. The fraction of sp³-hybridized carbons (Fsp3) is 0.462. The van der Waals surface area contributed by atoms with Crippen molar-refractivity contribution in [2.24, 2.45) is 5.92 Å². The van der Waals surface area contributed by atoms with Crippen molar-refractivity contribution in [1.29, 1.82) is 0 Å². The van der Waals surface area contributed by atoms with Crippen molar-refractivity contribution >= 4 is 17.5 Å². The Balaban J connectivity index is 1.47. The predicted octanol–water partition coefficient (Wildman–Crippen LogP) is 5.20. The lowest BCUT2D eigenvalue weighted by molar-refractivity contribution is -0.138. The fourth-order valence-electron chi connectivity index (χ4n) is 4.90. The second-order valence-electron chi connectivity index (χ2n) is 9.13. The van der Waals surface area contributed by atoms with Gasteiger partial charge in [0.2, 0.25) is 11.8 Å². The molecule has 1 aliphatic carbocycles. The average molecular weight is 475 g/mol. The standard InChI is InChI=1S/C26H29F3N2O3/c27-26(28,29)21-9-4-8-20(16-21)25(11-13-34-14-12-25)24(33)30-17-18-5-3-10-22(15-18)31-23(32)19-6-1-2-7-19/h3-5,8-10,15-16,19H,1-2,6-7,11-14,17H2,(H,30,33)(H,31,32). The molecule has 0 radical (unpaired) electrons. The van der Waals surface area contributed by atoms with Crippen LogP contribution in [-0.2, 0) is 32.5 Å². The van der Waals surface area contributed by atoms with Crippen molar-refractivity contribution in [3.63, 3.8) is 0 Å². The molecule has 1 saturated heterocycles. The second-order valence-corrected chi connectivity index (χ2v) is 9.13. The topological polar surface area (TPSA) is 67.4 Å². The molecule has 0 atom stereocenters. The van der Waals surface area contributed by atoms with Crippen molar-refractivity contribution in [2.75, 3.05) is 18.5 Å². The Kier molecular flexibility index (Phi) is 7.26. The third kappa shape index (κ3) is 5.43. The number of carbonyl (C=O) groups excluding carboxylic acids is 2. The van der Waals surface area contributed by atoms with Gasteiger partial charge in [0, 0.05) is 31.4 Å². The quantitative estimate of drug-likeness (QED) is 0.605. The van der Waals surface area contributed by atoms with Crippen LogP contribution in [0.5, 0.6) is 0 Å². The summed E-state index contributed by atoms with van der Waals surface area (Å²) in [4.78, 5) is 25.8. The summed E-state index contributed by atoms with van der Waals surface area (Å²) in [5.74, 6) is -0.260. The van der Waals surface area contributed by atoms with E-state index in [1.54, 1.807) is 12.1 Å². The van der Waals surface area contributed by atoms with E-state index in [-0.39, 0.29) is 24.3 Å². The van der Waals surface area contributed by atoms with Gasteiger partial charge in [-0.3, -0.25) is 9.59 Å². The Morgan fingerprint density at radius 1 is 1.00 bits per heavy atom. The zero-order valence-corrected chi connectivity index (χ0v) is 18.9. The van der Waals surface area contributed by atoms with Gasteiger partial charge in [-0.15, -0.1) is 0 Å². The predicted molar refractivity (Wildman–Crippen MR) is 122 cm³/mol. The van der Waals surface area contributed by atoms with E-state index in [0.717, 1.165) is 43.4 Å².